The van der Waals surface area contributed by atoms with Crippen molar-refractivity contribution in [2.75, 3.05) is 13.2 Å². The van der Waals surface area contributed by atoms with Crippen LogP contribution >= 0.6 is 0 Å². The van der Waals surface area contributed by atoms with E-state index in [4.69, 9.17) is 4.74 Å². The highest BCUT2D eigenvalue weighted by molar-refractivity contribution is 5.74. The van der Waals surface area contributed by atoms with Gasteiger partial charge in [-0.3, -0.25) is 0 Å². The number of hydrogen-bond acceptors (Lipinski definition) is 2. The predicted molar refractivity (Wildman–Crippen MR) is 84.3 cm³/mol. The number of nitrogens with one attached hydrogen (secondary N) is 2. The molecule has 0 aromatic heterocycles. The van der Waals surface area contributed by atoms with Crippen LogP contribution in [-0.2, 0) is 11.3 Å². The molecule has 1 atom stereocenters. The van der Waals surface area contributed by atoms with Gasteiger partial charge in [0.2, 0.25) is 0 Å². The van der Waals surface area contributed by atoms with Crippen molar-refractivity contribution in [3.05, 3.63) is 34.6 Å². The number of rotatable bonds is 4. The van der Waals surface area contributed by atoms with E-state index in [2.05, 4.69) is 10.6 Å². The number of hydrogen-bond donors (Lipinski definition) is 2. The van der Waals surface area contributed by atoms with Crippen molar-refractivity contribution in [1.29, 1.82) is 0 Å². The van der Waals surface area contributed by atoms with E-state index in [1.165, 1.54) is 0 Å². The Kier molecular flexibility index (Phi) is 5.77. The molecule has 5 heteroatoms. The number of halogens is 1. The Morgan fingerprint density at radius 1 is 1.32 bits per heavy atom. The number of benzene rings is 1. The monoisotopic (exact) mass is 308 g/mol. The minimum absolute atomic E-state index is 0.126. The molecule has 1 heterocycles. The summed E-state index contributed by atoms with van der Waals surface area (Å²) in [7, 11) is 0. The average Bonchev–Trinajstić information content (AvgIpc) is 2.51. The fraction of sp³-hybridized carbons (Fsp3) is 0.588. The van der Waals surface area contributed by atoms with Crippen LogP contribution in [-0.4, -0.2) is 25.3 Å². The van der Waals surface area contributed by atoms with Crippen molar-refractivity contribution >= 4 is 6.03 Å². The zero-order valence-corrected chi connectivity index (χ0v) is 13.5. The molecule has 1 fully saturated rings. The average molecular weight is 308 g/mol. The van der Waals surface area contributed by atoms with Crippen LogP contribution in [0.15, 0.2) is 12.1 Å². The minimum Gasteiger partial charge on any atom is -0.381 e. The first-order chi connectivity index (χ1) is 10.5. The topological polar surface area (TPSA) is 50.4 Å². The lowest BCUT2D eigenvalue weighted by molar-refractivity contribution is 0.0571. The summed E-state index contributed by atoms with van der Waals surface area (Å²) in [6, 6.07) is 3.48. The smallest absolute Gasteiger partial charge is 0.315 e. The van der Waals surface area contributed by atoms with Gasteiger partial charge in [-0.1, -0.05) is 12.1 Å². The van der Waals surface area contributed by atoms with Crippen molar-refractivity contribution in [1.82, 2.24) is 10.6 Å². The van der Waals surface area contributed by atoms with E-state index >= 15 is 0 Å². The molecular formula is C17H25FN2O2. The maximum Gasteiger partial charge on any atom is 0.315 e. The number of carbonyl (C=O) groups excluding carboxylic acids is 1. The molecule has 2 rings (SSSR count). The van der Waals surface area contributed by atoms with Gasteiger partial charge in [0, 0.05) is 25.8 Å². The van der Waals surface area contributed by atoms with Gasteiger partial charge in [0.15, 0.2) is 0 Å². The van der Waals surface area contributed by atoms with E-state index in [0.29, 0.717) is 23.6 Å². The number of ether oxygens (including phenoxy) is 1. The van der Waals surface area contributed by atoms with Crippen molar-refractivity contribution in [2.45, 2.75) is 46.2 Å². The fourth-order valence-corrected chi connectivity index (χ4v) is 2.91. The molecule has 1 saturated heterocycles. The minimum atomic E-state index is -0.182. The predicted octanol–water partition coefficient (Wildman–Crippen LogP) is 3.06. The van der Waals surface area contributed by atoms with Gasteiger partial charge < -0.3 is 15.4 Å². The first kappa shape index (κ1) is 16.7. The number of amides is 2. The highest BCUT2D eigenvalue weighted by Gasteiger charge is 2.21. The molecule has 1 aliphatic heterocycles. The molecule has 2 N–H and O–H groups in total. The summed E-state index contributed by atoms with van der Waals surface area (Å²) in [5.74, 6) is 0.288. The van der Waals surface area contributed by atoms with E-state index in [1.54, 1.807) is 26.0 Å². The standard InChI is InChI=1S/C17H25FN2O2/c1-11-8-14(9-12(2)16(11)18)10-19-17(21)20-13(3)15-4-6-22-7-5-15/h8-9,13,15H,4-7,10H2,1-3H3,(H2,19,20,21). The molecule has 0 radical (unpaired) electrons. The molecule has 2 amide bonds. The Hall–Kier alpha value is -1.62. The Labute approximate surface area is 131 Å². The van der Waals surface area contributed by atoms with Crippen molar-refractivity contribution in [3.63, 3.8) is 0 Å². The van der Waals surface area contributed by atoms with Crippen LogP contribution < -0.4 is 10.6 Å². The van der Waals surface area contributed by atoms with Crippen LogP contribution in [0.1, 0.15) is 36.5 Å². The summed E-state index contributed by atoms with van der Waals surface area (Å²) in [5.41, 5.74) is 2.12. The van der Waals surface area contributed by atoms with Crippen LogP contribution in [0.2, 0.25) is 0 Å². The summed E-state index contributed by atoms with van der Waals surface area (Å²) < 4.78 is 18.9. The first-order valence-corrected chi connectivity index (χ1v) is 7.85. The summed E-state index contributed by atoms with van der Waals surface area (Å²) in [5, 5.41) is 5.82. The Morgan fingerprint density at radius 2 is 1.91 bits per heavy atom. The molecule has 0 bridgehead atoms. The van der Waals surface area contributed by atoms with Gasteiger partial charge in [-0.15, -0.1) is 0 Å². The van der Waals surface area contributed by atoms with Crippen LogP contribution in [0, 0.1) is 25.6 Å². The molecule has 1 unspecified atom stereocenters. The van der Waals surface area contributed by atoms with E-state index in [9.17, 15) is 9.18 Å². The van der Waals surface area contributed by atoms with Gasteiger partial charge in [0.05, 0.1) is 0 Å². The summed E-state index contributed by atoms with van der Waals surface area (Å²) in [4.78, 5) is 12.0. The largest absolute Gasteiger partial charge is 0.381 e. The van der Waals surface area contributed by atoms with Crippen LogP contribution in [0.5, 0.6) is 0 Å². The lowest BCUT2D eigenvalue weighted by atomic mass is 9.93. The zero-order valence-electron chi connectivity index (χ0n) is 13.5. The molecule has 1 aliphatic rings. The normalized spacial score (nSPS) is 17.1. The zero-order chi connectivity index (χ0) is 16.1. The van der Waals surface area contributed by atoms with Gasteiger partial charge in [-0.25, -0.2) is 9.18 Å². The Bertz CT molecular complexity index is 504. The van der Waals surface area contributed by atoms with Crippen molar-refractivity contribution in [3.8, 4) is 0 Å². The Morgan fingerprint density at radius 3 is 2.50 bits per heavy atom. The first-order valence-electron chi connectivity index (χ1n) is 7.85. The van der Waals surface area contributed by atoms with E-state index in [-0.39, 0.29) is 17.9 Å². The third kappa shape index (κ3) is 4.44. The number of aryl methyl sites for hydroxylation is 2. The Balaban J connectivity index is 1.82. The third-order valence-electron chi connectivity index (χ3n) is 4.28. The summed E-state index contributed by atoms with van der Waals surface area (Å²) >= 11 is 0. The molecular weight excluding hydrogens is 283 g/mol. The lowest BCUT2D eigenvalue weighted by Gasteiger charge is -2.28. The fourth-order valence-electron chi connectivity index (χ4n) is 2.91. The third-order valence-corrected chi connectivity index (χ3v) is 4.28. The van der Waals surface area contributed by atoms with E-state index in [0.717, 1.165) is 31.6 Å². The molecule has 1 aromatic rings. The van der Waals surface area contributed by atoms with Gasteiger partial charge in [0.25, 0.3) is 0 Å². The lowest BCUT2D eigenvalue weighted by Crippen LogP contribution is -2.45. The maximum atomic E-state index is 13.6. The van der Waals surface area contributed by atoms with Gasteiger partial charge in [-0.05, 0) is 56.2 Å². The van der Waals surface area contributed by atoms with Crippen molar-refractivity contribution < 1.29 is 13.9 Å². The molecule has 4 nitrogen and oxygen atoms in total. The quantitative estimate of drug-likeness (QED) is 0.898. The molecule has 0 saturated carbocycles. The second-order valence-corrected chi connectivity index (χ2v) is 6.11. The summed E-state index contributed by atoms with van der Waals surface area (Å²) in [6.45, 7) is 7.44. The van der Waals surface area contributed by atoms with E-state index < -0.39 is 0 Å². The molecule has 0 aliphatic carbocycles. The molecule has 22 heavy (non-hydrogen) atoms. The maximum absolute atomic E-state index is 13.6. The van der Waals surface area contributed by atoms with Crippen LogP contribution in [0.3, 0.4) is 0 Å². The molecule has 122 valence electrons. The van der Waals surface area contributed by atoms with Gasteiger partial charge in [0.1, 0.15) is 5.82 Å². The van der Waals surface area contributed by atoms with Crippen LogP contribution in [0.4, 0.5) is 9.18 Å². The number of urea groups is 1. The number of carbonyl (C=O) groups is 1. The second kappa shape index (κ2) is 7.58. The van der Waals surface area contributed by atoms with Crippen molar-refractivity contribution in [2.24, 2.45) is 5.92 Å². The highest BCUT2D eigenvalue weighted by atomic mass is 19.1. The second-order valence-electron chi connectivity index (χ2n) is 6.11. The molecule has 0 spiro atoms. The van der Waals surface area contributed by atoms with Crippen LogP contribution in [0.25, 0.3) is 0 Å². The SMILES string of the molecule is Cc1cc(CNC(=O)NC(C)C2CCOCC2)cc(C)c1F. The summed E-state index contributed by atoms with van der Waals surface area (Å²) in [6.07, 6.45) is 1.97. The van der Waals surface area contributed by atoms with Gasteiger partial charge in [-0.2, -0.15) is 0 Å². The van der Waals surface area contributed by atoms with E-state index in [1.807, 2.05) is 6.92 Å². The molecule has 1 aromatic carbocycles. The van der Waals surface area contributed by atoms with Gasteiger partial charge >= 0.3 is 6.03 Å². The highest BCUT2D eigenvalue weighted by Crippen LogP contribution is 2.18.